The molecule has 8 heteroatoms. The molecular weight excluding hydrogens is 282 g/mol. The van der Waals surface area contributed by atoms with Crippen molar-refractivity contribution in [2.45, 2.75) is 4.34 Å². The van der Waals surface area contributed by atoms with Gasteiger partial charge in [-0.1, -0.05) is 23.1 Å². The number of anilines is 2. The number of nitrogens with one attached hydrogen (secondary N) is 1. The van der Waals surface area contributed by atoms with Crippen LogP contribution in [0.2, 0.25) is 0 Å². The zero-order valence-electron chi connectivity index (χ0n) is 9.66. The number of carbonyl (C=O) groups excluding carboxylic acids is 1. The molecule has 96 valence electrons. The van der Waals surface area contributed by atoms with E-state index in [0.29, 0.717) is 20.7 Å². The predicted molar refractivity (Wildman–Crippen MR) is 74.8 cm³/mol. The molecule has 19 heavy (non-hydrogen) atoms. The number of carbonyl (C=O) groups is 1. The van der Waals surface area contributed by atoms with Crippen LogP contribution in [0, 0.1) is 11.3 Å². The molecule has 0 aliphatic carbocycles. The first-order valence-corrected chi connectivity index (χ1v) is 6.99. The van der Waals surface area contributed by atoms with Crippen LogP contribution in [-0.4, -0.2) is 21.9 Å². The molecule has 0 atom stereocenters. The summed E-state index contributed by atoms with van der Waals surface area (Å²) < 4.78 is 0.660. The first-order valence-electron chi connectivity index (χ1n) is 5.19. The fourth-order valence-corrected chi connectivity index (χ4v) is 2.67. The minimum Gasteiger partial charge on any atom is -0.374 e. The van der Waals surface area contributed by atoms with Crippen LogP contribution in [0.3, 0.4) is 0 Å². The van der Waals surface area contributed by atoms with Crippen LogP contribution in [0.15, 0.2) is 28.6 Å². The van der Waals surface area contributed by atoms with Crippen molar-refractivity contribution in [1.29, 1.82) is 5.26 Å². The second kappa shape index (κ2) is 6.17. The Hall–Kier alpha value is -2.11. The van der Waals surface area contributed by atoms with Crippen molar-refractivity contribution in [2.24, 2.45) is 0 Å². The Morgan fingerprint density at radius 3 is 2.74 bits per heavy atom. The standard InChI is InChI=1S/C11H9N5OS2/c12-5-7-1-3-8(4-2-7)14-9(17)6-18-11-16-15-10(13)19-11/h1-4H,6H2,(H2,13,15)(H,14,17). The highest BCUT2D eigenvalue weighted by molar-refractivity contribution is 8.01. The minimum absolute atomic E-state index is 0.150. The first-order chi connectivity index (χ1) is 9.17. The van der Waals surface area contributed by atoms with Crippen molar-refractivity contribution in [2.75, 3.05) is 16.8 Å². The molecule has 0 aliphatic heterocycles. The lowest BCUT2D eigenvalue weighted by atomic mass is 10.2. The minimum atomic E-state index is -0.150. The quantitative estimate of drug-likeness (QED) is 0.831. The van der Waals surface area contributed by atoms with E-state index in [-0.39, 0.29) is 11.7 Å². The number of thioether (sulfide) groups is 1. The van der Waals surface area contributed by atoms with Crippen LogP contribution >= 0.6 is 23.1 Å². The lowest BCUT2D eigenvalue weighted by Crippen LogP contribution is -2.13. The predicted octanol–water partition coefficient (Wildman–Crippen LogP) is 1.72. The van der Waals surface area contributed by atoms with Crippen LogP contribution in [0.5, 0.6) is 0 Å². The number of aromatic nitrogens is 2. The smallest absolute Gasteiger partial charge is 0.234 e. The summed E-state index contributed by atoms with van der Waals surface area (Å²) in [6.07, 6.45) is 0. The second-order valence-corrected chi connectivity index (χ2v) is 5.66. The van der Waals surface area contributed by atoms with E-state index in [1.807, 2.05) is 6.07 Å². The third kappa shape index (κ3) is 3.94. The van der Waals surface area contributed by atoms with Gasteiger partial charge in [0.05, 0.1) is 17.4 Å². The maximum Gasteiger partial charge on any atom is 0.234 e. The molecule has 0 saturated heterocycles. The number of hydrogen-bond donors (Lipinski definition) is 2. The molecule has 2 aromatic rings. The second-order valence-electron chi connectivity index (χ2n) is 3.43. The lowest BCUT2D eigenvalue weighted by Gasteiger charge is -2.03. The summed E-state index contributed by atoms with van der Waals surface area (Å²) in [5.74, 6) is 0.0812. The summed E-state index contributed by atoms with van der Waals surface area (Å²) in [7, 11) is 0. The van der Waals surface area contributed by atoms with Crippen molar-refractivity contribution < 1.29 is 4.79 Å². The molecule has 0 unspecified atom stereocenters. The molecule has 0 aliphatic rings. The number of nitrogen functional groups attached to an aromatic ring is 1. The molecule has 2 rings (SSSR count). The van der Waals surface area contributed by atoms with E-state index >= 15 is 0 Å². The van der Waals surface area contributed by atoms with E-state index in [2.05, 4.69) is 15.5 Å². The average molecular weight is 291 g/mol. The van der Waals surface area contributed by atoms with Crippen molar-refractivity contribution in [1.82, 2.24) is 10.2 Å². The topological polar surface area (TPSA) is 105 Å². The van der Waals surface area contributed by atoms with Gasteiger partial charge < -0.3 is 11.1 Å². The van der Waals surface area contributed by atoms with Gasteiger partial charge in [0.25, 0.3) is 0 Å². The normalized spacial score (nSPS) is 9.84. The first kappa shape index (κ1) is 13.3. The highest BCUT2D eigenvalue weighted by Crippen LogP contribution is 2.23. The largest absolute Gasteiger partial charge is 0.374 e. The summed E-state index contributed by atoms with van der Waals surface area (Å²) in [4.78, 5) is 11.7. The van der Waals surface area contributed by atoms with Gasteiger partial charge in [0, 0.05) is 5.69 Å². The average Bonchev–Trinajstić information content (AvgIpc) is 2.83. The van der Waals surface area contributed by atoms with Crippen LogP contribution in [-0.2, 0) is 4.79 Å². The molecule has 1 aromatic carbocycles. The Bertz CT molecular complexity index is 617. The van der Waals surface area contributed by atoms with Gasteiger partial charge in [0.15, 0.2) is 4.34 Å². The van der Waals surface area contributed by atoms with Crippen LogP contribution in [0.1, 0.15) is 5.56 Å². The molecule has 0 radical (unpaired) electrons. The monoisotopic (exact) mass is 291 g/mol. The molecule has 1 amide bonds. The van der Waals surface area contributed by atoms with Crippen LogP contribution < -0.4 is 11.1 Å². The zero-order valence-corrected chi connectivity index (χ0v) is 11.3. The molecule has 1 aromatic heterocycles. The zero-order chi connectivity index (χ0) is 13.7. The van der Waals surface area contributed by atoms with Crippen molar-refractivity contribution in [3.63, 3.8) is 0 Å². The van der Waals surface area contributed by atoms with Gasteiger partial charge in [-0.15, -0.1) is 10.2 Å². The molecule has 1 heterocycles. The summed E-state index contributed by atoms with van der Waals surface area (Å²) in [6.45, 7) is 0. The van der Waals surface area contributed by atoms with E-state index < -0.39 is 0 Å². The molecule has 0 spiro atoms. The molecule has 6 nitrogen and oxygen atoms in total. The van der Waals surface area contributed by atoms with Gasteiger partial charge in [-0.05, 0) is 24.3 Å². The van der Waals surface area contributed by atoms with Crippen molar-refractivity contribution in [3.8, 4) is 6.07 Å². The Morgan fingerprint density at radius 1 is 1.42 bits per heavy atom. The van der Waals surface area contributed by atoms with Crippen LogP contribution in [0.25, 0.3) is 0 Å². The Labute approximate surface area is 117 Å². The summed E-state index contributed by atoms with van der Waals surface area (Å²) in [5.41, 5.74) is 6.65. The van der Waals surface area contributed by atoms with Gasteiger partial charge in [-0.2, -0.15) is 5.26 Å². The molecule has 0 bridgehead atoms. The van der Waals surface area contributed by atoms with Crippen molar-refractivity contribution >= 4 is 39.8 Å². The van der Waals surface area contributed by atoms with E-state index in [0.717, 1.165) is 0 Å². The molecular formula is C11H9N5OS2. The van der Waals surface area contributed by atoms with Crippen LogP contribution in [0.4, 0.5) is 10.8 Å². The number of amides is 1. The third-order valence-corrected chi connectivity index (χ3v) is 3.93. The summed E-state index contributed by atoms with van der Waals surface area (Å²) >= 11 is 2.52. The number of nitrogens with two attached hydrogens (primary N) is 1. The van der Waals surface area contributed by atoms with E-state index in [1.54, 1.807) is 24.3 Å². The number of nitrogens with zero attached hydrogens (tertiary/aromatic N) is 3. The number of rotatable bonds is 4. The highest BCUT2D eigenvalue weighted by atomic mass is 32.2. The van der Waals surface area contributed by atoms with Gasteiger partial charge in [-0.3, -0.25) is 4.79 Å². The number of hydrogen-bond acceptors (Lipinski definition) is 7. The van der Waals surface area contributed by atoms with Gasteiger partial charge in [0.2, 0.25) is 11.0 Å². The third-order valence-electron chi connectivity index (χ3n) is 2.05. The van der Waals surface area contributed by atoms with E-state index in [1.165, 1.54) is 23.1 Å². The SMILES string of the molecule is N#Cc1ccc(NC(=O)CSc2nnc(N)s2)cc1. The molecule has 3 N–H and O–H groups in total. The van der Waals surface area contributed by atoms with Crippen molar-refractivity contribution in [3.05, 3.63) is 29.8 Å². The summed E-state index contributed by atoms with van der Waals surface area (Å²) in [5, 5.41) is 19.2. The maximum atomic E-state index is 11.7. The van der Waals surface area contributed by atoms with E-state index in [9.17, 15) is 4.79 Å². The Balaban J connectivity index is 1.85. The fraction of sp³-hybridized carbons (Fsp3) is 0.0909. The fourth-order valence-electron chi connectivity index (χ4n) is 1.23. The Morgan fingerprint density at radius 2 is 2.16 bits per heavy atom. The maximum absolute atomic E-state index is 11.7. The lowest BCUT2D eigenvalue weighted by molar-refractivity contribution is -0.113. The molecule has 0 fully saturated rings. The number of nitriles is 1. The van der Waals surface area contributed by atoms with Gasteiger partial charge in [-0.25, -0.2) is 0 Å². The van der Waals surface area contributed by atoms with Gasteiger partial charge in [0.1, 0.15) is 0 Å². The van der Waals surface area contributed by atoms with Gasteiger partial charge >= 0.3 is 0 Å². The summed E-state index contributed by atoms with van der Waals surface area (Å²) in [6, 6.07) is 8.68. The number of benzene rings is 1. The highest BCUT2D eigenvalue weighted by Gasteiger charge is 2.07. The van der Waals surface area contributed by atoms with E-state index in [4.69, 9.17) is 11.0 Å². The Kier molecular flexibility index (Phi) is 4.33. The molecule has 0 saturated carbocycles.